The van der Waals surface area contributed by atoms with Crippen molar-refractivity contribution in [2.24, 2.45) is 0 Å². The van der Waals surface area contributed by atoms with Gasteiger partial charge in [-0.1, -0.05) is 6.92 Å². The van der Waals surface area contributed by atoms with Crippen molar-refractivity contribution >= 4 is 11.7 Å². The zero-order valence-electron chi connectivity index (χ0n) is 9.08. The lowest BCUT2D eigenvalue weighted by Gasteiger charge is -2.06. The molecule has 1 N–H and O–H groups in total. The summed E-state index contributed by atoms with van der Waals surface area (Å²) in [5, 5.41) is 2.71. The Balaban J connectivity index is 2.43. The first-order valence-electron chi connectivity index (χ1n) is 5.30. The molecule has 0 bridgehead atoms. The van der Waals surface area contributed by atoms with Crippen LogP contribution in [0.5, 0.6) is 5.75 Å². The molecule has 0 saturated carbocycles. The van der Waals surface area contributed by atoms with Gasteiger partial charge < -0.3 is 10.1 Å². The quantitative estimate of drug-likeness (QED) is 0.765. The number of rotatable bonds is 2. The van der Waals surface area contributed by atoms with Gasteiger partial charge in [0.05, 0.1) is 12.1 Å². The predicted molar refractivity (Wildman–Crippen MR) is 58.9 cm³/mol. The number of carbonyl (C=O) groups excluding carboxylic acids is 2. The average Bonchev–Trinajstić information content (AvgIpc) is 2.50. The number of nitrogens with one attached hydrogen (secondary N) is 1. The lowest BCUT2D eigenvalue weighted by atomic mass is 10.0. The minimum absolute atomic E-state index is 0.0276. The fourth-order valence-electron chi connectivity index (χ4n) is 1.63. The highest BCUT2D eigenvalue weighted by atomic mass is 16.5. The molecule has 16 heavy (non-hydrogen) atoms. The van der Waals surface area contributed by atoms with E-state index in [9.17, 15) is 9.59 Å². The first-order valence-corrected chi connectivity index (χ1v) is 5.30. The number of amides is 1. The zero-order valence-corrected chi connectivity index (χ0v) is 9.08. The summed E-state index contributed by atoms with van der Waals surface area (Å²) in [5.41, 5.74) is 0.999. The summed E-state index contributed by atoms with van der Waals surface area (Å²) in [6, 6.07) is 4.98. The normalized spacial score (nSPS) is 14.4. The number of hydrogen-bond acceptors (Lipinski definition) is 3. The molecule has 0 saturated heterocycles. The third-order valence-corrected chi connectivity index (χ3v) is 2.51. The van der Waals surface area contributed by atoms with Gasteiger partial charge in [-0.05, 0) is 18.2 Å². The summed E-state index contributed by atoms with van der Waals surface area (Å²) in [7, 11) is 0. The van der Waals surface area contributed by atoms with Gasteiger partial charge in [0, 0.05) is 12.0 Å². The predicted octanol–water partition coefficient (Wildman–Crippen LogP) is 1.40. The van der Waals surface area contributed by atoms with Gasteiger partial charge in [-0.15, -0.1) is 0 Å². The van der Waals surface area contributed by atoms with Gasteiger partial charge in [-0.25, -0.2) is 0 Å². The third kappa shape index (κ3) is 1.91. The van der Waals surface area contributed by atoms with Crippen LogP contribution in [0.4, 0.5) is 0 Å². The Labute approximate surface area is 93.6 Å². The standard InChI is InChI=1S/C12H13NO3/c1-2-10(14)8-3-4-11-9(7-8)12(15)13-5-6-16-11/h3-4,7H,2,5-6H2,1H3,(H,13,15). The van der Waals surface area contributed by atoms with E-state index in [0.29, 0.717) is 36.4 Å². The average molecular weight is 219 g/mol. The number of benzene rings is 1. The van der Waals surface area contributed by atoms with Gasteiger partial charge in [-0.3, -0.25) is 9.59 Å². The van der Waals surface area contributed by atoms with Crippen LogP contribution in [0.25, 0.3) is 0 Å². The Kier molecular flexibility index (Phi) is 2.90. The Morgan fingerprint density at radius 3 is 3.06 bits per heavy atom. The van der Waals surface area contributed by atoms with Crippen LogP contribution in [-0.4, -0.2) is 24.8 Å². The maximum atomic E-state index is 11.7. The molecule has 1 heterocycles. The minimum atomic E-state index is -0.182. The number of Topliss-reactive ketones (excluding diaryl/α,β-unsaturated/α-hetero) is 1. The summed E-state index contributed by atoms with van der Waals surface area (Å²) in [6.45, 7) is 2.74. The summed E-state index contributed by atoms with van der Waals surface area (Å²) in [4.78, 5) is 23.2. The first kappa shape index (κ1) is 10.7. The molecule has 1 aromatic carbocycles. The largest absolute Gasteiger partial charge is 0.491 e. The molecule has 4 heteroatoms. The van der Waals surface area contributed by atoms with Crippen LogP contribution >= 0.6 is 0 Å². The lowest BCUT2D eigenvalue weighted by molar-refractivity contribution is 0.0957. The molecule has 84 valence electrons. The molecule has 0 unspecified atom stereocenters. The maximum Gasteiger partial charge on any atom is 0.255 e. The van der Waals surface area contributed by atoms with Crippen LogP contribution < -0.4 is 10.1 Å². The molecule has 1 aromatic rings. The lowest BCUT2D eigenvalue weighted by Crippen LogP contribution is -2.24. The van der Waals surface area contributed by atoms with Crippen LogP contribution in [-0.2, 0) is 0 Å². The highest BCUT2D eigenvalue weighted by molar-refractivity contribution is 6.02. The van der Waals surface area contributed by atoms with Gasteiger partial charge >= 0.3 is 0 Å². The molecular weight excluding hydrogens is 206 g/mol. The second kappa shape index (κ2) is 4.35. The van der Waals surface area contributed by atoms with E-state index in [0.717, 1.165) is 0 Å². The number of hydrogen-bond donors (Lipinski definition) is 1. The van der Waals surface area contributed by atoms with Crippen LogP contribution in [0.3, 0.4) is 0 Å². The van der Waals surface area contributed by atoms with Crippen LogP contribution in [0.15, 0.2) is 18.2 Å². The van der Waals surface area contributed by atoms with Crippen molar-refractivity contribution in [3.8, 4) is 5.75 Å². The Bertz CT molecular complexity index is 440. The van der Waals surface area contributed by atoms with E-state index in [1.165, 1.54) is 0 Å². The second-order valence-corrected chi connectivity index (χ2v) is 3.59. The van der Waals surface area contributed by atoms with Gasteiger partial charge in [-0.2, -0.15) is 0 Å². The molecule has 0 fully saturated rings. The number of carbonyl (C=O) groups is 2. The van der Waals surface area contributed by atoms with E-state index < -0.39 is 0 Å². The molecule has 0 aliphatic carbocycles. The van der Waals surface area contributed by atoms with Gasteiger partial charge in [0.1, 0.15) is 12.4 Å². The van der Waals surface area contributed by atoms with E-state index in [1.54, 1.807) is 25.1 Å². The number of ketones is 1. The number of ether oxygens (including phenoxy) is 1. The monoisotopic (exact) mass is 219 g/mol. The zero-order chi connectivity index (χ0) is 11.5. The fourth-order valence-corrected chi connectivity index (χ4v) is 1.63. The van der Waals surface area contributed by atoms with Crippen molar-refractivity contribution in [3.05, 3.63) is 29.3 Å². The maximum absolute atomic E-state index is 11.7. The van der Waals surface area contributed by atoms with Gasteiger partial charge in [0.2, 0.25) is 0 Å². The van der Waals surface area contributed by atoms with Crippen LogP contribution in [0, 0.1) is 0 Å². The van der Waals surface area contributed by atoms with Crippen molar-refractivity contribution in [3.63, 3.8) is 0 Å². The van der Waals surface area contributed by atoms with Crippen molar-refractivity contribution < 1.29 is 14.3 Å². The molecule has 4 nitrogen and oxygen atoms in total. The van der Waals surface area contributed by atoms with E-state index in [2.05, 4.69) is 5.32 Å². The van der Waals surface area contributed by atoms with E-state index in [1.807, 2.05) is 0 Å². The van der Waals surface area contributed by atoms with E-state index in [4.69, 9.17) is 4.74 Å². The highest BCUT2D eigenvalue weighted by Crippen LogP contribution is 2.22. The summed E-state index contributed by atoms with van der Waals surface area (Å²) >= 11 is 0. The summed E-state index contributed by atoms with van der Waals surface area (Å²) in [6.07, 6.45) is 0.432. The van der Waals surface area contributed by atoms with Crippen LogP contribution in [0.2, 0.25) is 0 Å². The van der Waals surface area contributed by atoms with E-state index in [-0.39, 0.29) is 11.7 Å². The molecule has 0 atom stereocenters. The second-order valence-electron chi connectivity index (χ2n) is 3.59. The van der Waals surface area contributed by atoms with Crippen molar-refractivity contribution in [2.75, 3.05) is 13.2 Å². The minimum Gasteiger partial charge on any atom is -0.491 e. The Hall–Kier alpha value is -1.84. The van der Waals surface area contributed by atoms with Crippen molar-refractivity contribution in [1.82, 2.24) is 5.32 Å². The fraction of sp³-hybridized carbons (Fsp3) is 0.333. The van der Waals surface area contributed by atoms with Gasteiger partial charge in [0.15, 0.2) is 5.78 Å². The molecule has 1 amide bonds. The summed E-state index contributed by atoms with van der Waals surface area (Å²) < 4.78 is 5.39. The number of fused-ring (bicyclic) bond motifs is 1. The van der Waals surface area contributed by atoms with Crippen LogP contribution in [0.1, 0.15) is 34.1 Å². The molecule has 0 radical (unpaired) electrons. The molecule has 0 aromatic heterocycles. The topological polar surface area (TPSA) is 55.4 Å². The van der Waals surface area contributed by atoms with Crippen molar-refractivity contribution in [1.29, 1.82) is 0 Å². The summed E-state index contributed by atoms with van der Waals surface area (Å²) in [5.74, 6) is 0.390. The molecule has 1 aliphatic rings. The third-order valence-electron chi connectivity index (χ3n) is 2.51. The molecule has 2 rings (SSSR count). The first-order chi connectivity index (χ1) is 7.72. The Morgan fingerprint density at radius 1 is 1.50 bits per heavy atom. The highest BCUT2D eigenvalue weighted by Gasteiger charge is 2.17. The van der Waals surface area contributed by atoms with E-state index >= 15 is 0 Å². The molecule has 1 aliphatic heterocycles. The van der Waals surface area contributed by atoms with Crippen molar-refractivity contribution in [2.45, 2.75) is 13.3 Å². The Morgan fingerprint density at radius 2 is 2.31 bits per heavy atom. The molecule has 0 spiro atoms. The SMILES string of the molecule is CCC(=O)c1ccc2c(c1)C(=O)NCCO2. The molecular formula is C12H13NO3. The smallest absolute Gasteiger partial charge is 0.255 e. The van der Waals surface area contributed by atoms with Gasteiger partial charge in [0.25, 0.3) is 5.91 Å².